The van der Waals surface area contributed by atoms with Crippen LogP contribution in [0.2, 0.25) is 0 Å². The fraction of sp³-hybridized carbons (Fsp3) is 0.500. The van der Waals surface area contributed by atoms with Crippen molar-refractivity contribution in [2.75, 3.05) is 0 Å². The van der Waals surface area contributed by atoms with Crippen molar-refractivity contribution in [3.63, 3.8) is 0 Å². The highest BCUT2D eigenvalue weighted by Gasteiger charge is 2.28. The summed E-state index contributed by atoms with van der Waals surface area (Å²) in [5, 5.41) is 17.9. The first-order chi connectivity index (χ1) is 7.56. The second-order valence-corrected chi connectivity index (χ2v) is 3.85. The van der Waals surface area contributed by atoms with Crippen molar-refractivity contribution in [2.45, 2.75) is 33.1 Å². The van der Waals surface area contributed by atoms with Crippen LogP contribution in [0, 0.1) is 16.7 Å². The molecule has 0 atom stereocenters. The summed E-state index contributed by atoms with van der Waals surface area (Å²) in [7, 11) is 0. The van der Waals surface area contributed by atoms with Gasteiger partial charge in [0.15, 0.2) is 0 Å². The van der Waals surface area contributed by atoms with Crippen LogP contribution in [0.4, 0.5) is 0 Å². The van der Waals surface area contributed by atoms with Crippen LogP contribution in [0.1, 0.15) is 43.0 Å². The van der Waals surface area contributed by atoms with E-state index in [0.29, 0.717) is 12.2 Å². The van der Waals surface area contributed by atoms with Crippen molar-refractivity contribution in [2.24, 2.45) is 5.41 Å². The molecule has 1 rings (SSSR count). The molecular formula is C12H15NO3. The van der Waals surface area contributed by atoms with Crippen LogP contribution in [0.15, 0.2) is 16.5 Å². The largest absolute Gasteiger partial charge is 0.475 e. The molecular weight excluding hydrogens is 206 g/mol. The summed E-state index contributed by atoms with van der Waals surface area (Å²) in [5.74, 6) is -0.599. The molecule has 16 heavy (non-hydrogen) atoms. The highest BCUT2D eigenvalue weighted by molar-refractivity contribution is 5.84. The molecule has 4 nitrogen and oxygen atoms in total. The van der Waals surface area contributed by atoms with E-state index in [1.165, 1.54) is 6.07 Å². The van der Waals surface area contributed by atoms with E-state index in [-0.39, 0.29) is 5.76 Å². The Morgan fingerprint density at radius 3 is 2.50 bits per heavy atom. The average Bonchev–Trinajstić information content (AvgIpc) is 2.74. The smallest absolute Gasteiger partial charge is 0.371 e. The molecule has 0 spiro atoms. The highest BCUT2D eigenvalue weighted by Crippen LogP contribution is 2.30. The molecule has 1 aromatic rings. The Morgan fingerprint density at radius 1 is 1.50 bits per heavy atom. The normalized spacial score (nSPS) is 11.1. The number of furan rings is 1. The van der Waals surface area contributed by atoms with Crippen LogP contribution in [-0.2, 0) is 6.42 Å². The van der Waals surface area contributed by atoms with Crippen molar-refractivity contribution in [3.8, 4) is 6.07 Å². The van der Waals surface area contributed by atoms with Crippen LogP contribution >= 0.6 is 0 Å². The minimum atomic E-state index is -1.08. The first-order valence-electron chi connectivity index (χ1n) is 5.30. The lowest BCUT2D eigenvalue weighted by Gasteiger charge is -2.21. The van der Waals surface area contributed by atoms with E-state index in [4.69, 9.17) is 14.8 Å². The quantitative estimate of drug-likeness (QED) is 0.829. The van der Waals surface area contributed by atoms with Crippen molar-refractivity contribution in [1.82, 2.24) is 0 Å². The average molecular weight is 221 g/mol. The molecule has 0 saturated carbocycles. The number of rotatable bonds is 5. The van der Waals surface area contributed by atoms with Crippen molar-refractivity contribution in [3.05, 3.63) is 23.7 Å². The molecule has 0 aliphatic carbocycles. The fourth-order valence-corrected chi connectivity index (χ4v) is 1.62. The van der Waals surface area contributed by atoms with E-state index in [0.717, 1.165) is 12.8 Å². The summed E-state index contributed by atoms with van der Waals surface area (Å²) in [5.41, 5.74) is -0.451. The van der Waals surface area contributed by atoms with Gasteiger partial charge in [-0.3, -0.25) is 0 Å². The number of carboxylic acid groups (broad SMARTS) is 1. The van der Waals surface area contributed by atoms with Gasteiger partial charge in [0.2, 0.25) is 5.76 Å². The summed E-state index contributed by atoms with van der Waals surface area (Å²) < 4.78 is 5.16. The standard InChI is InChI=1S/C12H15NO3/c1-3-12(4-2,8-13)7-9-5-6-10(16-9)11(14)15/h5-6H,3-4,7H2,1-2H3,(H,14,15). The third-order valence-electron chi connectivity index (χ3n) is 2.98. The number of carboxylic acids is 1. The molecule has 0 aliphatic rings. The van der Waals surface area contributed by atoms with Gasteiger partial charge in [-0.05, 0) is 25.0 Å². The lowest BCUT2D eigenvalue weighted by Crippen LogP contribution is -2.19. The van der Waals surface area contributed by atoms with Crippen LogP contribution in [-0.4, -0.2) is 11.1 Å². The van der Waals surface area contributed by atoms with Crippen LogP contribution in [0.3, 0.4) is 0 Å². The van der Waals surface area contributed by atoms with Gasteiger partial charge in [0.25, 0.3) is 0 Å². The lowest BCUT2D eigenvalue weighted by atomic mass is 9.80. The number of aromatic carboxylic acids is 1. The van der Waals surface area contributed by atoms with Crippen LogP contribution in [0.5, 0.6) is 0 Å². The summed E-state index contributed by atoms with van der Waals surface area (Å²) in [6.07, 6.45) is 1.91. The second-order valence-electron chi connectivity index (χ2n) is 3.85. The SMILES string of the molecule is CCC(C#N)(CC)Cc1ccc(C(=O)O)o1. The topological polar surface area (TPSA) is 74.2 Å². The zero-order chi connectivity index (χ0) is 12.2. The van der Waals surface area contributed by atoms with E-state index in [9.17, 15) is 4.79 Å². The molecule has 0 unspecified atom stereocenters. The number of hydrogen-bond acceptors (Lipinski definition) is 3. The molecule has 4 heteroatoms. The molecule has 86 valence electrons. The Balaban J connectivity index is 2.87. The van der Waals surface area contributed by atoms with Gasteiger partial charge in [-0.15, -0.1) is 0 Å². The third-order valence-corrected chi connectivity index (χ3v) is 2.98. The van der Waals surface area contributed by atoms with Gasteiger partial charge in [0.1, 0.15) is 5.76 Å². The molecule has 1 aromatic heterocycles. The monoisotopic (exact) mass is 221 g/mol. The van der Waals surface area contributed by atoms with Gasteiger partial charge in [-0.1, -0.05) is 13.8 Å². The highest BCUT2D eigenvalue weighted by atomic mass is 16.4. The summed E-state index contributed by atoms with van der Waals surface area (Å²) in [4.78, 5) is 10.6. The lowest BCUT2D eigenvalue weighted by molar-refractivity contribution is 0.0659. The number of hydrogen-bond donors (Lipinski definition) is 1. The van der Waals surface area contributed by atoms with E-state index in [1.54, 1.807) is 6.07 Å². The first-order valence-corrected chi connectivity index (χ1v) is 5.30. The number of nitriles is 1. The molecule has 0 fully saturated rings. The first kappa shape index (κ1) is 12.3. The van der Waals surface area contributed by atoms with Gasteiger partial charge in [-0.25, -0.2) is 4.79 Å². The van der Waals surface area contributed by atoms with Gasteiger partial charge >= 0.3 is 5.97 Å². The molecule has 0 amide bonds. The maximum Gasteiger partial charge on any atom is 0.371 e. The maximum absolute atomic E-state index is 10.6. The van der Waals surface area contributed by atoms with Crippen molar-refractivity contribution in [1.29, 1.82) is 5.26 Å². The summed E-state index contributed by atoms with van der Waals surface area (Å²) >= 11 is 0. The Labute approximate surface area is 94.5 Å². The Kier molecular flexibility index (Phi) is 3.73. The molecule has 0 saturated heterocycles. The fourth-order valence-electron chi connectivity index (χ4n) is 1.62. The Bertz CT molecular complexity index is 410. The Morgan fingerprint density at radius 2 is 2.12 bits per heavy atom. The van der Waals surface area contributed by atoms with Gasteiger partial charge < -0.3 is 9.52 Å². The molecule has 0 radical (unpaired) electrons. The minimum absolute atomic E-state index is 0.0750. The zero-order valence-electron chi connectivity index (χ0n) is 9.49. The summed E-state index contributed by atoms with van der Waals surface area (Å²) in [6, 6.07) is 5.34. The predicted octanol–water partition coefficient (Wildman–Crippen LogP) is 2.85. The molecule has 0 bridgehead atoms. The van der Waals surface area contributed by atoms with Crippen LogP contribution in [0.25, 0.3) is 0 Å². The van der Waals surface area contributed by atoms with Crippen molar-refractivity contribution < 1.29 is 14.3 Å². The van der Waals surface area contributed by atoms with E-state index in [2.05, 4.69) is 6.07 Å². The second kappa shape index (κ2) is 4.84. The van der Waals surface area contributed by atoms with E-state index >= 15 is 0 Å². The third kappa shape index (κ3) is 2.43. The zero-order valence-corrected chi connectivity index (χ0v) is 9.49. The number of nitrogens with zero attached hydrogens (tertiary/aromatic N) is 1. The maximum atomic E-state index is 10.6. The molecule has 1 N–H and O–H groups in total. The Hall–Kier alpha value is -1.76. The van der Waals surface area contributed by atoms with Crippen molar-refractivity contribution >= 4 is 5.97 Å². The van der Waals surface area contributed by atoms with Gasteiger partial charge in [0.05, 0.1) is 11.5 Å². The molecule has 0 aromatic carbocycles. The van der Waals surface area contributed by atoms with E-state index < -0.39 is 11.4 Å². The summed E-state index contributed by atoms with van der Waals surface area (Å²) in [6.45, 7) is 3.90. The number of carbonyl (C=O) groups is 1. The minimum Gasteiger partial charge on any atom is -0.475 e. The van der Waals surface area contributed by atoms with Gasteiger partial charge in [0, 0.05) is 6.42 Å². The van der Waals surface area contributed by atoms with Gasteiger partial charge in [-0.2, -0.15) is 5.26 Å². The van der Waals surface area contributed by atoms with E-state index in [1.807, 2.05) is 13.8 Å². The predicted molar refractivity (Wildman–Crippen MR) is 58.0 cm³/mol. The molecule has 0 aliphatic heterocycles. The van der Waals surface area contributed by atoms with Crippen LogP contribution < -0.4 is 0 Å². The molecule has 1 heterocycles.